The number of benzene rings is 1. The zero-order valence-corrected chi connectivity index (χ0v) is 16.5. The molecule has 0 unspecified atom stereocenters. The van der Waals surface area contributed by atoms with Crippen LogP contribution in [0.5, 0.6) is 0 Å². The third kappa shape index (κ3) is 4.17. The van der Waals surface area contributed by atoms with E-state index < -0.39 is 0 Å². The van der Waals surface area contributed by atoms with Crippen LogP contribution in [0.15, 0.2) is 45.2 Å². The fourth-order valence-electron chi connectivity index (χ4n) is 2.22. The summed E-state index contributed by atoms with van der Waals surface area (Å²) in [5.74, 6) is 1.53. The van der Waals surface area contributed by atoms with Crippen LogP contribution in [-0.2, 0) is 0 Å². The molecule has 0 spiro atoms. The van der Waals surface area contributed by atoms with E-state index in [1.807, 2.05) is 32.0 Å². The van der Waals surface area contributed by atoms with E-state index in [1.165, 1.54) is 16.7 Å². The van der Waals surface area contributed by atoms with Crippen molar-refractivity contribution in [2.24, 2.45) is 0 Å². The second-order valence-electron chi connectivity index (χ2n) is 5.37. The molecular formula is C17H17ClN2OS3. The minimum absolute atomic E-state index is 0.00742. The molecule has 0 aliphatic rings. The first-order valence-corrected chi connectivity index (χ1v) is 10.7. The number of rotatable bonds is 6. The molecule has 1 aromatic carbocycles. The van der Waals surface area contributed by atoms with E-state index in [-0.39, 0.29) is 10.9 Å². The number of nitrogens with zero attached hydrogens (tertiary/aromatic N) is 1. The first kappa shape index (κ1) is 17.9. The van der Waals surface area contributed by atoms with Crippen LogP contribution in [0.1, 0.15) is 10.4 Å². The number of thioether (sulfide) groups is 2. The van der Waals surface area contributed by atoms with Gasteiger partial charge in [0.1, 0.15) is 4.83 Å². The molecule has 3 rings (SSSR count). The van der Waals surface area contributed by atoms with E-state index >= 15 is 0 Å². The Kier molecular flexibility index (Phi) is 5.92. The van der Waals surface area contributed by atoms with Gasteiger partial charge in [-0.05, 0) is 31.5 Å². The van der Waals surface area contributed by atoms with Gasteiger partial charge >= 0.3 is 0 Å². The summed E-state index contributed by atoms with van der Waals surface area (Å²) in [7, 11) is 0. The molecule has 24 heavy (non-hydrogen) atoms. The summed E-state index contributed by atoms with van der Waals surface area (Å²) in [6, 6.07) is 10.2. The summed E-state index contributed by atoms with van der Waals surface area (Å²) < 4.78 is 0. The van der Waals surface area contributed by atoms with Crippen molar-refractivity contribution in [3.8, 4) is 0 Å². The average molecular weight is 397 g/mol. The number of halogens is 1. The quantitative estimate of drug-likeness (QED) is 0.358. The average Bonchev–Trinajstić information content (AvgIpc) is 2.86. The molecule has 0 amide bonds. The number of H-pyrrole nitrogens is 1. The van der Waals surface area contributed by atoms with Crippen molar-refractivity contribution in [2.75, 3.05) is 11.5 Å². The van der Waals surface area contributed by atoms with Gasteiger partial charge in [-0.25, -0.2) is 4.98 Å². The minimum atomic E-state index is -0.0610. The molecule has 126 valence electrons. The number of hydrogen-bond donors (Lipinski definition) is 1. The molecule has 0 saturated heterocycles. The van der Waals surface area contributed by atoms with Gasteiger partial charge in [0.2, 0.25) is 0 Å². The van der Waals surface area contributed by atoms with E-state index in [0.29, 0.717) is 16.3 Å². The Morgan fingerprint density at radius 2 is 1.92 bits per heavy atom. The maximum atomic E-state index is 12.2. The highest BCUT2D eigenvalue weighted by Crippen LogP contribution is 2.28. The molecule has 0 bridgehead atoms. The topological polar surface area (TPSA) is 45.8 Å². The van der Waals surface area contributed by atoms with Crippen molar-refractivity contribution in [2.45, 2.75) is 29.3 Å². The van der Waals surface area contributed by atoms with Gasteiger partial charge in [0.05, 0.1) is 10.8 Å². The van der Waals surface area contributed by atoms with Gasteiger partial charge < -0.3 is 4.98 Å². The van der Waals surface area contributed by atoms with Gasteiger partial charge in [-0.2, -0.15) is 0 Å². The van der Waals surface area contributed by atoms with Crippen molar-refractivity contribution in [3.63, 3.8) is 0 Å². The van der Waals surface area contributed by atoms with Gasteiger partial charge in [-0.1, -0.05) is 30.0 Å². The molecule has 7 heteroatoms. The summed E-state index contributed by atoms with van der Waals surface area (Å²) in [6.07, 6.45) is 0. The Balaban J connectivity index is 1.62. The highest BCUT2D eigenvalue weighted by Gasteiger charge is 2.13. The first-order valence-electron chi connectivity index (χ1n) is 7.49. The van der Waals surface area contributed by atoms with Gasteiger partial charge in [0.25, 0.3) is 5.56 Å². The predicted molar refractivity (Wildman–Crippen MR) is 107 cm³/mol. The van der Waals surface area contributed by atoms with Crippen LogP contribution in [-0.4, -0.2) is 26.9 Å². The fourth-order valence-corrected chi connectivity index (χ4v) is 5.46. The summed E-state index contributed by atoms with van der Waals surface area (Å²) in [4.78, 5) is 22.8. The number of hydrogen-bond acceptors (Lipinski definition) is 5. The van der Waals surface area contributed by atoms with E-state index in [9.17, 15) is 4.79 Å². The largest absolute Gasteiger partial charge is 0.301 e. The van der Waals surface area contributed by atoms with Crippen LogP contribution in [0.4, 0.5) is 0 Å². The molecule has 1 atom stereocenters. The Bertz CT molecular complexity index is 892. The van der Waals surface area contributed by atoms with Gasteiger partial charge in [-0.3, -0.25) is 4.79 Å². The number of aromatic amines is 1. The molecule has 2 aromatic heterocycles. The highest BCUT2D eigenvalue weighted by atomic mass is 35.5. The number of alkyl halides is 1. The predicted octanol–water partition coefficient (Wildman–Crippen LogP) is 5.09. The molecule has 0 aliphatic carbocycles. The standard InChI is InChI=1S/C17H17ClN2OS3/c1-10-11(2)24-16-14(10)15(21)19-17(20-16)23-9-12(18)8-22-13-6-4-3-5-7-13/h3-7,12H,8-9H2,1-2H3,(H,19,20,21)/t12-/m0/s1. The number of fused-ring (bicyclic) bond motifs is 1. The lowest BCUT2D eigenvalue weighted by Gasteiger charge is -2.08. The van der Waals surface area contributed by atoms with E-state index in [0.717, 1.165) is 21.0 Å². The third-order valence-corrected chi connectivity index (χ3v) is 7.58. The van der Waals surface area contributed by atoms with Crippen LogP contribution in [0, 0.1) is 13.8 Å². The molecule has 0 fully saturated rings. The molecule has 3 aromatic rings. The van der Waals surface area contributed by atoms with Crippen molar-refractivity contribution in [1.29, 1.82) is 0 Å². The van der Waals surface area contributed by atoms with Crippen molar-refractivity contribution in [1.82, 2.24) is 9.97 Å². The molecular weight excluding hydrogens is 380 g/mol. The number of aromatic nitrogens is 2. The van der Waals surface area contributed by atoms with Crippen LogP contribution < -0.4 is 5.56 Å². The lowest BCUT2D eigenvalue weighted by atomic mass is 10.2. The zero-order valence-electron chi connectivity index (χ0n) is 13.3. The number of thiophene rings is 1. The molecule has 2 heterocycles. The molecule has 0 radical (unpaired) electrons. The zero-order chi connectivity index (χ0) is 17.1. The van der Waals surface area contributed by atoms with Gasteiger partial charge in [0.15, 0.2) is 5.16 Å². The van der Waals surface area contributed by atoms with Crippen LogP contribution >= 0.6 is 46.5 Å². The first-order chi connectivity index (χ1) is 11.5. The maximum Gasteiger partial charge on any atom is 0.260 e. The minimum Gasteiger partial charge on any atom is -0.301 e. The van der Waals surface area contributed by atoms with E-state index in [2.05, 4.69) is 22.1 Å². The summed E-state index contributed by atoms with van der Waals surface area (Å²) >= 11 is 11.2. The van der Waals surface area contributed by atoms with E-state index in [4.69, 9.17) is 11.6 Å². The van der Waals surface area contributed by atoms with Crippen LogP contribution in [0.2, 0.25) is 0 Å². The van der Waals surface area contributed by atoms with Crippen molar-refractivity contribution < 1.29 is 0 Å². The van der Waals surface area contributed by atoms with Crippen molar-refractivity contribution in [3.05, 3.63) is 51.1 Å². The monoisotopic (exact) mass is 396 g/mol. The summed E-state index contributed by atoms with van der Waals surface area (Å²) in [5.41, 5.74) is 0.962. The lowest BCUT2D eigenvalue weighted by Crippen LogP contribution is -2.11. The fraction of sp³-hybridized carbons (Fsp3) is 0.294. The number of nitrogens with one attached hydrogen (secondary N) is 1. The van der Waals surface area contributed by atoms with Crippen LogP contribution in [0.25, 0.3) is 10.2 Å². The number of aryl methyl sites for hydroxylation is 2. The Labute approximate surface area is 158 Å². The second-order valence-corrected chi connectivity index (χ2v) is 9.29. The SMILES string of the molecule is Cc1sc2nc(SC[C@@H](Cl)CSc3ccccc3)[nH]c(=O)c2c1C. The van der Waals surface area contributed by atoms with Gasteiger partial charge in [-0.15, -0.1) is 34.7 Å². The Morgan fingerprint density at radius 1 is 1.21 bits per heavy atom. The van der Waals surface area contributed by atoms with Crippen LogP contribution in [0.3, 0.4) is 0 Å². The lowest BCUT2D eigenvalue weighted by molar-refractivity contribution is 0.974. The van der Waals surface area contributed by atoms with Crippen molar-refractivity contribution >= 4 is 56.7 Å². The smallest absolute Gasteiger partial charge is 0.260 e. The maximum absolute atomic E-state index is 12.2. The normalized spacial score (nSPS) is 12.6. The van der Waals surface area contributed by atoms with E-state index in [1.54, 1.807) is 23.1 Å². The molecule has 1 N–H and O–H groups in total. The third-order valence-electron chi connectivity index (χ3n) is 3.59. The van der Waals surface area contributed by atoms with Gasteiger partial charge in [0, 0.05) is 21.3 Å². The molecule has 0 saturated carbocycles. The molecule has 3 nitrogen and oxygen atoms in total. The summed E-state index contributed by atoms with van der Waals surface area (Å²) in [5, 5.41) is 1.36. The summed E-state index contributed by atoms with van der Waals surface area (Å²) in [6.45, 7) is 3.98. The second kappa shape index (κ2) is 7.95. The Morgan fingerprint density at radius 3 is 2.67 bits per heavy atom. The molecule has 0 aliphatic heterocycles. The Hall–Kier alpha value is -0.950. The highest BCUT2D eigenvalue weighted by molar-refractivity contribution is 8.00.